The fourth-order valence-corrected chi connectivity index (χ4v) is 1.95. The third-order valence-electron chi connectivity index (χ3n) is 2.88. The van der Waals surface area contributed by atoms with Gasteiger partial charge in [0.2, 0.25) is 0 Å². The van der Waals surface area contributed by atoms with E-state index in [9.17, 15) is 13.6 Å². The number of hydrogen-bond donors (Lipinski definition) is 1. The molecule has 0 spiro atoms. The van der Waals surface area contributed by atoms with Gasteiger partial charge in [-0.1, -0.05) is 0 Å². The molecule has 0 aliphatic heterocycles. The number of pyridine rings is 1. The molecule has 0 aliphatic rings. The van der Waals surface area contributed by atoms with E-state index in [1.807, 2.05) is 0 Å². The van der Waals surface area contributed by atoms with Crippen molar-refractivity contribution in [3.8, 4) is 5.82 Å². The number of halogens is 2. The molecule has 0 atom stereocenters. The van der Waals surface area contributed by atoms with Crippen LogP contribution in [-0.4, -0.2) is 20.7 Å². The van der Waals surface area contributed by atoms with Crippen molar-refractivity contribution in [3.63, 3.8) is 0 Å². The van der Waals surface area contributed by atoms with E-state index in [0.717, 1.165) is 12.1 Å². The highest BCUT2D eigenvalue weighted by Crippen LogP contribution is 2.18. The van der Waals surface area contributed by atoms with Gasteiger partial charge in [0.15, 0.2) is 5.82 Å². The Bertz CT molecular complexity index is 798. The van der Waals surface area contributed by atoms with Crippen molar-refractivity contribution < 1.29 is 13.6 Å². The second kappa shape index (κ2) is 5.72. The third kappa shape index (κ3) is 2.83. The summed E-state index contributed by atoms with van der Waals surface area (Å²) in [6, 6.07) is 7.59. The van der Waals surface area contributed by atoms with E-state index < -0.39 is 17.5 Å². The number of hydrogen-bond acceptors (Lipinski definition) is 3. The van der Waals surface area contributed by atoms with Crippen molar-refractivity contribution in [3.05, 3.63) is 72.2 Å². The van der Waals surface area contributed by atoms with Crippen LogP contribution in [0.3, 0.4) is 0 Å². The first-order valence-electron chi connectivity index (χ1n) is 6.36. The highest BCUT2D eigenvalue weighted by molar-refractivity contribution is 6.05. The second-order valence-electron chi connectivity index (χ2n) is 4.44. The molecule has 22 heavy (non-hydrogen) atoms. The maximum absolute atomic E-state index is 13.2. The summed E-state index contributed by atoms with van der Waals surface area (Å²) < 4.78 is 27.8. The van der Waals surface area contributed by atoms with Crippen LogP contribution in [0.15, 0.2) is 55.0 Å². The van der Waals surface area contributed by atoms with Gasteiger partial charge in [-0.25, -0.2) is 18.4 Å². The molecule has 2 aromatic heterocycles. The Morgan fingerprint density at radius 3 is 2.55 bits per heavy atom. The SMILES string of the molecule is O=C(Nc1cccnc1-n1cccn1)c1cc(F)cc(F)c1. The van der Waals surface area contributed by atoms with Crippen molar-refractivity contribution in [2.45, 2.75) is 0 Å². The Kier molecular flexibility index (Phi) is 3.61. The molecule has 0 bridgehead atoms. The van der Waals surface area contributed by atoms with Gasteiger partial charge in [0.25, 0.3) is 5.91 Å². The van der Waals surface area contributed by atoms with Crippen LogP contribution in [0.5, 0.6) is 0 Å². The van der Waals surface area contributed by atoms with Gasteiger partial charge >= 0.3 is 0 Å². The summed E-state index contributed by atoms with van der Waals surface area (Å²) in [4.78, 5) is 16.3. The summed E-state index contributed by atoms with van der Waals surface area (Å²) >= 11 is 0. The molecule has 3 rings (SSSR count). The zero-order valence-corrected chi connectivity index (χ0v) is 11.2. The fourth-order valence-electron chi connectivity index (χ4n) is 1.95. The number of carbonyl (C=O) groups is 1. The number of amides is 1. The molecule has 0 radical (unpaired) electrons. The highest BCUT2D eigenvalue weighted by Gasteiger charge is 2.13. The minimum Gasteiger partial charge on any atom is -0.319 e. The van der Waals surface area contributed by atoms with Gasteiger partial charge in [0, 0.05) is 30.2 Å². The predicted octanol–water partition coefficient (Wildman–Crippen LogP) is 2.80. The molecule has 7 heteroatoms. The molecule has 0 saturated heterocycles. The monoisotopic (exact) mass is 300 g/mol. The van der Waals surface area contributed by atoms with Crippen LogP contribution in [0.1, 0.15) is 10.4 Å². The van der Waals surface area contributed by atoms with Crippen molar-refractivity contribution in [1.29, 1.82) is 0 Å². The molecule has 0 unspecified atom stereocenters. The number of nitrogens with one attached hydrogen (secondary N) is 1. The van der Waals surface area contributed by atoms with Gasteiger partial charge in [-0.15, -0.1) is 0 Å². The predicted molar refractivity (Wildman–Crippen MR) is 75.7 cm³/mol. The van der Waals surface area contributed by atoms with Crippen LogP contribution in [0.4, 0.5) is 14.5 Å². The topological polar surface area (TPSA) is 59.8 Å². The zero-order chi connectivity index (χ0) is 15.5. The molecule has 1 amide bonds. The molecule has 2 heterocycles. The van der Waals surface area contributed by atoms with Crippen LogP contribution < -0.4 is 5.32 Å². The molecule has 5 nitrogen and oxygen atoms in total. The van der Waals surface area contributed by atoms with E-state index >= 15 is 0 Å². The van der Waals surface area contributed by atoms with Crippen LogP contribution in [0, 0.1) is 11.6 Å². The molecule has 0 aliphatic carbocycles. The summed E-state index contributed by atoms with van der Waals surface area (Å²) in [7, 11) is 0. The Morgan fingerprint density at radius 1 is 1.09 bits per heavy atom. The lowest BCUT2D eigenvalue weighted by atomic mass is 10.2. The first-order chi connectivity index (χ1) is 10.6. The Hall–Kier alpha value is -3.09. The molecule has 3 aromatic rings. The van der Waals surface area contributed by atoms with Crippen LogP contribution in [0.25, 0.3) is 5.82 Å². The van der Waals surface area contributed by atoms with E-state index in [2.05, 4.69) is 15.4 Å². The quantitative estimate of drug-likeness (QED) is 0.809. The lowest BCUT2D eigenvalue weighted by Gasteiger charge is -2.10. The second-order valence-corrected chi connectivity index (χ2v) is 4.44. The lowest BCUT2D eigenvalue weighted by molar-refractivity contribution is 0.102. The molecule has 110 valence electrons. The minimum atomic E-state index is -0.816. The van der Waals surface area contributed by atoms with Crippen molar-refractivity contribution in [1.82, 2.24) is 14.8 Å². The number of carbonyl (C=O) groups excluding carboxylic acids is 1. The first kappa shape index (κ1) is 13.9. The van der Waals surface area contributed by atoms with Gasteiger partial charge in [0.05, 0.1) is 5.69 Å². The Morgan fingerprint density at radius 2 is 1.86 bits per heavy atom. The highest BCUT2D eigenvalue weighted by atomic mass is 19.1. The molecule has 0 saturated carbocycles. The van der Waals surface area contributed by atoms with Gasteiger partial charge in [-0.2, -0.15) is 5.10 Å². The maximum Gasteiger partial charge on any atom is 0.255 e. The molecule has 1 N–H and O–H groups in total. The van der Waals surface area contributed by atoms with Crippen molar-refractivity contribution in [2.24, 2.45) is 0 Å². The summed E-state index contributed by atoms with van der Waals surface area (Å²) in [5.74, 6) is -1.87. The summed E-state index contributed by atoms with van der Waals surface area (Å²) in [5.41, 5.74) is 0.258. The summed E-state index contributed by atoms with van der Waals surface area (Å²) in [6.07, 6.45) is 4.79. The van der Waals surface area contributed by atoms with Crippen LogP contribution in [0.2, 0.25) is 0 Å². The van der Waals surface area contributed by atoms with Gasteiger partial charge in [-0.3, -0.25) is 4.79 Å². The van der Waals surface area contributed by atoms with E-state index in [1.165, 1.54) is 4.68 Å². The normalized spacial score (nSPS) is 10.5. The van der Waals surface area contributed by atoms with Gasteiger partial charge in [0.1, 0.15) is 11.6 Å². The van der Waals surface area contributed by atoms with E-state index in [-0.39, 0.29) is 5.56 Å². The molecule has 1 aromatic carbocycles. The smallest absolute Gasteiger partial charge is 0.255 e. The number of rotatable bonds is 3. The lowest BCUT2D eigenvalue weighted by Crippen LogP contribution is -2.15. The van der Waals surface area contributed by atoms with Gasteiger partial charge in [-0.05, 0) is 30.3 Å². The standard InChI is InChI=1S/C15H10F2N4O/c16-11-7-10(8-12(17)9-11)15(22)20-13-3-1-4-18-14(13)21-6-2-5-19-21/h1-9H,(H,20,22). The average molecular weight is 300 g/mol. The van der Waals surface area contributed by atoms with E-state index in [1.54, 1.807) is 36.8 Å². The summed E-state index contributed by atoms with van der Waals surface area (Å²) in [5, 5.41) is 6.61. The number of aromatic nitrogens is 3. The van der Waals surface area contributed by atoms with Crippen molar-refractivity contribution >= 4 is 11.6 Å². The van der Waals surface area contributed by atoms with E-state index in [0.29, 0.717) is 17.6 Å². The molecule has 0 fully saturated rings. The van der Waals surface area contributed by atoms with Crippen LogP contribution >= 0.6 is 0 Å². The van der Waals surface area contributed by atoms with Gasteiger partial charge < -0.3 is 5.32 Å². The Balaban J connectivity index is 1.92. The fraction of sp³-hybridized carbons (Fsp3) is 0. The Labute approximate surface area is 124 Å². The zero-order valence-electron chi connectivity index (χ0n) is 11.2. The first-order valence-corrected chi connectivity index (χ1v) is 6.36. The third-order valence-corrected chi connectivity index (χ3v) is 2.88. The van der Waals surface area contributed by atoms with E-state index in [4.69, 9.17) is 0 Å². The molecular weight excluding hydrogens is 290 g/mol. The number of benzene rings is 1. The average Bonchev–Trinajstić information content (AvgIpc) is 3.01. The summed E-state index contributed by atoms with van der Waals surface area (Å²) in [6.45, 7) is 0. The minimum absolute atomic E-state index is 0.118. The number of nitrogens with zero attached hydrogens (tertiary/aromatic N) is 3. The number of anilines is 1. The molecular formula is C15H10F2N4O. The van der Waals surface area contributed by atoms with Crippen LogP contribution in [-0.2, 0) is 0 Å². The maximum atomic E-state index is 13.2. The largest absolute Gasteiger partial charge is 0.319 e. The van der Waals surface area contributed by atoms with Crippen molar-refractivity contribution in [2.75, 3.05) is 5.32 Å².